The third-order valence-electron chi connectivity index (χ3n) is 2.66. The largest absolute Gasteiger partial charge is 0.312 e. The molecule has 0 saturated heterocycles. The minimum Gasteiger partial charge on any atom is -0.312 e. The monoisotopic (exact) mass is 273 g/mol. The summed E-state index contributed by atoms with van der Waals surface area (Å²) in [4.78, 5) is 1.43. The Balaban J connectivity index is 2.09. The average Bonchev–Trinajstić information content (AvgIpc) is 2.50. The number of halogens is 1. The molecule has 0 unspecified atom stereocenters. The van der Waals surface area contributed by atoms with Crippen LogP contribution in [-0.4, -0.2) is 12.1 Å². The second-order valence-electron chi connectivity index (χ2n) is 5.66. The normalized spacial score (nSPS) is 12.1. The first kappa shape index (κ1) is 15.0. The van der Waals surface area contributed by atoms with Gasteiger partial charge in [0.1, 0.15) is 0 Å². The van der Waals surface area contributed by atoms with Crippen molar-refractivity contribution in [1.82, 2.24) is 5.32 Å². The summed E-state index contributed by atoms with van der Waals surface area (Å²) in [6.45, 7) is 9.83. The Hall–Kier alpha value is -0.0500. The predicted octanol–water partition coefficient (Wildman–Crippen LogP) is 4.81. The zero-order chi connectivity index (χ0) is 12.9. The molecule has 0 amide bonds. The van der Waals surface area contributed by atoms with Gasteiger partial charge in [0.25, 0.3) is 0 Å². The molecule has 1 heterocycles. The van der Waals surface area contributed by atoms with Gasteiger partial charge in [-0.05, 0) is 65.1 Å². The molecular formula is C14H24ClNS. The summed E-state index contributed by atoms with van der Waals surface area (Å²) in [7, 11) is 0. The fourth-order valence-electron chi connectivity index (χ4n) is 1.71. The summed E-state index contributed by atoms with van der Waals surface area (Å²) >= 11 is 7.78. The highest BCUT2D eigenvalue weighted by Gasteiger charge is 2.07. The van der Waals surface area contributed by atoms with Crippen LogP contribution in [0.3, 0.4) is 0 Å². The Morgan fingerprint density at radius 3 is 2.47 bits per heavy atom. The maximum atomic E-state index is 6.05. The summed E-state index contributed by atoms with van der Waals surface area (Å²) in [5.41, 5.74) is 1.47. The molecule has 0 aliphatic heterocycles. The molecule has 3 heteroatoms. The van der Waals surface area contributed by atoms with Gasteiger partial charge in [-0.1, -0.05) is 18.0 Å². The van der Waals surface area contributed by atoms with E-state index >= 15 is 0 Å². The Kier molecular flexibility index (Phi) is 5.98. The SMILES string of the molecule is Cc1cc(CCCCCNC(C)(C)C)sc1Cl. The van der Waals surface area contributed by atoms with Crippen LogP contribution in [-0.2, 0) is 6.42 Å². The molecule has 0 bridgehead atoms. The van der Waals surface area contributed by atoms with Crippen LogP contribution in [0.4, 0.5) is 0 Å². The standard InChI is InChI=1S/C14H24ClNS/c1-11-10-12(17-13(11)15)8-6-5-7-9-16-14(2,3)4/h10,16H,5-9H2,1-4H3. The Labute approximate surface area is 115 Å². The summed E-state index contributed by atoms with van der Waals surface area (Å²) in [6, 6.07) is 2.22. The fraction of sp³-hybridized carbons (Fsp3) is 0.714. The van der Waals surface area contributed by atoms with Crippen LogP contribution >= 0.6 is 22.9 Å². The number of aryl methyl sites for hydroxylation is 2. The molecule has 1 rings (SSSR count). The van der Waals surface area contributed by atoms with Gasteiger partial charge in [0.2, 0.25) is 0 Å². The van der Waals surface area contributed by atoms with E-state index < -0.39 is 0 Å². The molecule has 0 fully saturated rings. The van der Waals surface area contributed by atoms with Gasteiger partial charge in [-0.25, -0.2) is 0 Å². The molecule has 1 N–H and O–H groups in total. The Morgan fingerprint density at radius 2 is 1.94 bits per heavy atom. The number of hydrogen-bond donors (Lipinski definition) is 1. The predicted molar refractivity (Wildman–Crippen MR) is 79.4 cm³/mol. The van der Waals surface area contributed by atoms with Gasteiger partial charge in [0.15, 0.2) is 0 Å². The van der Waals surface area contributed by atoms with Crippen LogP contribution in [0.25, 0.3) is 0 Å². The highest BCUT2D eigenvalue weighted by atomic mass is 35.5. The van der Waals surface area contributed by atoms with Crippen molar-refractivity contribution < 1.29 is 0 Å². The van der Waals surface area contributed by atoms with Gasteiger partial charge in [-0.3, -0.25) is 0 Å². The van der Waals surface area contributed by atoms with Gasteiger partial charge < -0.3 is 5.32 Å². The molecule has 1 aromatic heterocycles. The molecular weight excluding hydrogens is 250 g/mol. The number of unbranched alkanes of at least 4 members (excludes halogenated alkanes) is 2. The topological polar surface area (TPSA) is 12.0 Å². The van der Waals surface area contributed by atoms with E-state index in [1.807, 2.05) is 0 Å². The number of hydrogen-bond acceptors (Lipinski definition) is 2. The first-order valence-corrected chi connectivity index (χ1v) is 7.58. The van der Waals surface area contributed by atoms with Gasteiger partial charge in [-0.15, -0.1) is 11.3 Å². The molecule has 0 radical (unpaired) electrons. The summed E-state index contributed by atoms with van der Waals surface area (Å²) < 4.78 is 0.953. The van der Waals surface area contributed by atoms with E-state index in [4.69, 9.17) is 11.6 Å². The number of thiophene rings is 1. The van der Waals surface area contributed by atoms with Gasteiger partial charge in [0, 0.05) is 10.4 Å². The van der Waals surface area contributed by atoms with Crippen molar-refractivity contribution in [2.24, 2.45) is 0 Å². The lowest BCUT2D eigenvalue weighted by Gasteiger charge is -2.20. The number of nitrogens with one attached hydrogen (secondary N) is 1. The van der Waals surface area contributed by atoms with Crippen molar-refractivity contribution in [3.05, 3.63) is 20.8 Å². The maximum absolute atomic E-state index is 6.05. The molecule has 0 aromatic carbocycles. The third kappa shape index (κ3) is 6.44. The summed E-state index contributed by atoms with van der Waals surface area (Å²) in [5.74, 6) is 0. The van der Waals surface area contributed by atoms with Crippen molar-refractivity contribution in [2.75, 3.05) is 6.54 Å². The molecule has 1 nitrogen and oxygen atoms in total. The van der Waals surface area contributed by atoms with Crippen LogP contribution in [0.15, 0.2) is 6.07 Å². The Morgan fingerprint density at radius 1 is 1.24 bits per heavy atom. The first-order valence-electron chi connectivity index (χ1n) is 6.38. The smallest absolute Gasteiger partial charge is 0.0960 e. The van der Waals surface area contributed by atoms with Crippen molar-refractivity contribution >= 4 is 22.9 Å². The third-order valence-corrected chi connectivity index (χ3v) is 4.28. The minimum absolute atomic E-state index is 0.248. The van der Waals surface area contributed by atoms with Gasteiger partial charge in [0.05, 0.1) is 4.34 Å². The molecule has 0 aliphatic carbocycles. The highest BCUT2D eigenvalue weighted by molar-refractivity contribution is 7.16. The molecule has 1 aromatic rings. The molecule has 0 atom stereocenters. The van der Waals surface area contributed by atoms with Crippen LogP contribution < -0.4 is 5.32 Å². The molecule has 17 heavy (non-hydrogen) atoms. The Bertz CT molecular complexity index is 319. The van der Waals surface area contributed by atoms with Crippen LogP contribution in [0, 0.1) is 6.92 Å². The van der Waals surface area contributed by atoms with E-state index in [9.17, 15) is 0 Å². The first-order chi connectivity index (χ1) is 7.88. The van der Waals surface area contributed by atoms with Crippen molar-refractivity contribution in [3.8, 4) is 0 Å². The minimum atomic E-state index is 0.248. The average molecular weight is 274 g/mol. The molecule has 0 saturated carbocycles. The van der Waals surface area contributed by atoms with E-state index in [2.05, 4.69) is 39.1 Å². The van der Waals surface area contributed by atoms with E-state index in [1.165, 1.54) is 36.1 Å². The molecule has 0 aliphatic rings. The molecule has 98 valence electrons. The summed E-state index contributed by atoms with van der Waals surface area (Å²) in [5, 5.41) is 3.52. The van der Waals surface area contributed by atoms with Crippen LogP contribution in [0.1, 0.15) is 50.5 Å². The van der Waals surface area contributed by atoms with Crippen LogP contribution in [0.2, 0.25) is 4.34 Å². The lowest BCUT2D eigenvalue weighted by atomic mass is 10.1. The van der Waals surface area contributed by atoms with Crippen molar-refractivity contribution in [3.63, 3.8) is 0 Å². The van der Waals surface area contributed by atoms with E-state index in [0.29, 0.717) is 0 Å². The van der Waals surface area contributed by atoms with Gasteiger partial charge >= 0.3 is 0 Å². The highest BCUT2D eigenvalue weighted by Crippen LogP contribution is 2.27. The fourth-order valence-corrected chi connectivity index (χ4v) is 2.99. The number of rotatable bonds is 6. The van der Waals surface area contributed by atoms with E-state index in [-0.39, 0.29) is 5.54 Å². The zero-order valence-corrected chi connectivity index (χ0v) is 13.0. The second-order valence-corrected chi connectivity index (χ2v) is 7.40. The quantitative estimate of drug-likeness (QED) is 0.734. The maximum Gasteiger partial charge on any atom is 0.0960 e. The van der Waals surface area contributed by atoms with Gasteiger partial charge in [-0.2, -0.15) is 0 Å². The second kappa shape index (κ2) is 6.77. The molecule has 0 spiro atoms. The van der Waals surface area contributed by atoms with E-state index in [0.717, 1.165) is 10.9 Å². The van der Waals surface area contributed by atoms with Crippen molar-refractivity contribution in [2.45, 2.75) is 58.9 Å². The van der Waals surface area contributed by atoms with E-state index in [1.54, 1.807) is 11.3 Å². The lowest BCUT2D eigenvalue weighted by molar-refractivity contribution is 0.417. The lowest BCUT2D eigenvalue weighted by Crippen LogP contribution is -2.36. The summed E-state index contributed by atoms with van der Waals surface area (Å²) in [6.07, 6.45) is 4.99. The zero-order valence-electron chi connectivity index (χ0n) is 11.4. The van der Waals surface area contributed by atoms with Crippen LogP contribution in [0.5, 0.6) is 0 Å². The van der Waals surface area contributed by atoms with Crippen molar-refractivity contribution in [1.29, 1.82) is 0 Å².